The number of aliphatic hydroxyl groups is 1. The monoisotopic (exact) mass is 451 g/mol. The fourth-order valence-electron chi connectivity index (χ4n) is 3.81. The van der Waals surface area contributed by atoms with Gasteiger partial charge in [-0.05, 0) is 60.2 Å². The van der Waals surface area contributed by atoms with Gasteiger partial charge in [-0.1, -0.05) is 12.1 Å². The fourth-order valence-corrected chi connectivity index (χ4v) is 3.81. The Morgan fingerprint density at radius 3 is 2.12 bits per heavy atom. The van der Waals surface area contributed by atoms with Crippen molar-refractivity contribution < 1.29 is 33.0 Å². The lowest BCUT2D eigenvalue weighted by molar-refractivity contribution is -0.132. The van der Waals surface area contributed by atoms with E-state index in [1.54, 1.807) is 24.3 Å². The molecule has 3 aromatic rings. The highest BCUT2D eigenvalue weighted by Crippen LogP contribution is 2.43. The molecule has 1 aliphatic heterocycles. The smallest absolute Gasteiger partial charge is 0.300 e. The minimum Gasteiger partial charge on any atom is -0.507 e. The number of halogens is 2. The van der Waals surface area contributed by atoms with Crippen LogP contribution in [-0.2, 0) is 9.59 Å². The summed E-state index contributed by atoms with van der Waals surface area (Å²) in [7, 11) is 2.83. The molecule has 1 saturated heterocycles. The largest absolute Gasteiger partial charge is 0.507 e. The summed E-state index contributed by atoms with van der Waals surface area (Å²) in [6, 6.07) is 14.0. The van der Waals surface area contributed by atoms with Gasteiger partial charge in [0.1, 0.15) is 28.9 Å². The highest BCUT2D eigenvalue weighted by Gasteiger charge is 2.47. The van der Waals surface area contributed by atoms with Crippen LogP contribution in [0.3, 0.4) is 0 Å². The Morgan fingerprint density at radius 2 is 1.52 bits per heavy atom. The summed E-state index contributed by atoms with van der Waals surface area (Å²) in [5.41, 5.74) is 0.410. The molecule has 0 aliphatic carbocycles. The SMILES string of the molecule is COc1ccc(C2/C(=C(\O)c3cc(F)ccc3OC)C(=O)C(=O)N2c2ccc(F)cc2)cc1. The molecule has 168 valence electrons. The van der Waals surface area contributed by atoms with Gasteiger partial charge in [-0.3, -0.25) is 14.5 Å². The highest BCUT2D eigenvalue weighted by molar-refractivity contribution is 6.51. The van der Waals surface area contributed by atoms with Gasteiger partial charge < -0.3 is 14.6 Å². The second-order valence-electron chi connectivity index (χ2n) is 7.26. The van der Waals surface area contributed by atoms with E-state index < -0.39 is 35.1 Å². The number of hydrogen-bond donors (Lipinski definition) is 1. The Morgan fingerprint density at radius 1 is 0.879 bits per heavy atom. The number of benzene rings is 3. The Hall–Kier alpha value is -4.20. The number of carbonyl (C=O) groups is 2. The van der Waals surface area contributed by atoms with Crippen molar-refractivity contribution in [3.8, 4) is 11.5 Å². The van der Waals surface area contributed by atoms with E-state index >= 15 is 0 Å². The molecule has 8 heteroatoms. The number of carbonyl (C=O) groups excluding carboxylic acids is 2. The van der Waals surface area contributed by atoms with Gasteiger partial charge in [0.05, 0.1) is 31.4 Å². The van der Waals surface area contributed by atoms with E-state index in [-0.39, 0.29) is 22.6 Å². The third kappa shape index (κ3) is 3.91. The third-order valence-electron chi connectivity index (χ3n) is 5.40. The van der Waals surface area contributed by atoms with E-state index in [9.17, 15) is 23.5 Å². The number of nitrogens with zero attached hydrogens (tertiary/aromatic N) is 1. The van der Waals surface area contributed by atoms with Crippen LogP contribution in [0.5, 0.6) is 11.5 Å². The zero-order valence-electron chi connectivity index (χ0n) is 17.7. The molecule has 0 aromatic heterocycles. The number of ether oxygens (including phenoxy) is 2. The van der Waals surface area contributed by atoms with Crippen LogP contribution in [0.25, 0.3) is 5.76 Å². The zero-order chi connectivity index (χ0) is 23.7. The molecular weight excluding hydrogens is 432 g/mol. The van der Waals surface area contributed by atoms with Crippen LogP contribution in [0, 0.1) is 11.6 Å². The number of methoxy groups -OCH3 is 2. The van der Waals surface area contributed by atoms with E-state index in [2.05, 4.69) is 0 Å². The van der Waals surface area contributed by atoms with Crippen molar-refractivity contribution in [2.75, 3.05) is 19.1 Å². The predicted octanol–water partition coefficient (Wildman–Crippen LogP) is 4.61. The first-order chi connectivity index (χ1) is 15.8. The van der Waals surface area contributed by atoms with E-state index in [1.165, 1.54) is 37.3 Å². The predicted molar refractivity (Wildman–Crippen MR) is 117 cm³/mol. The lowest BCUT2D eigenvalue weighted by atomic mass is 9.94. The van der Waals surface area contributed by atoms with Crippen molar-refractivity contribution in [3.63, 3.8) is 0 Å². The Bertz CT molecular complexity index is 1250. The van der Waals surface area contributed by atoms with Gasteiger partial charge in [-0.2, -0.15) is 0 Å². The maximum atomic E-state index is 14.0. The van der Waals surface area contributed by atoms with Gasteiger partial charge in [-0.15, -0.1) is 0 Å². The maximum Gasteiger partial charge on any atom is 0.300 e. The molecule has 1 aliphatic rings. The Labute approximate surface area is 188 Å². The van der Waals surface area contributed by atoms with Gasteiger partial charge in [0.25, 0.3) is 11.7 Å². The minimum absolute atomic E-state index is 0.0758. The number of hydrogen-bond acceptors (Lipinski definition) is 5. The summed E-state index contributed by atoms with van der Waals surface area (Å²) in [6.45, 7) is 0. The minimum atomic E-state index is -1.06. The zero-order valence-corrected chi connectivity index (χ0v) is 17.7. The molecule has 0 saturated carbocycles. The molecule has 1 N–H and O–H groups in total. The average Bonchev–Trinajstić information content (AvgIpc) is 3.09. The molecule has 1 unspecified atom stereocenters. The van der Waals surface area contributed by atoms with Gasteiger partial charge in [0, 0.05) is 5.69 Å². The number of ketones is 1. The summed E-state index contributed by atoms with van der Waals surface area (Å²) in [6.07, 6.45) is 0. The van der Waals surface area contributed by atoms with Crippen LogP contribution >= 0.6 is 0 Å². The normalized spacial score (nSPS) is 17.3. The van der Waals surface area contributed by atoms with Crippen LogP contribution in [0.2, 0.25) is 0 Å². The quantitative estimate of drug-likeness (QED) is 0.348. The summed E-state index contributed by atoms with van der Waals surface area (Å²) >= 11 is 0. The van der Waals surface area contributed by atoms with E-state index in [4.69, 9.17) is 9.47 Å². The molecule has 6 nitrogen and oxygen atoms in total. The Balaban J connectivity index is 1.97. The fraction of sp³-hybridized carbons (Fsp3) is 0.120. The first kappa shape index (κ1) is 22.0. The first-order valence-electron chi connectivity index (χ1n) is 9.90. The van der Waals surface area contributed by atoms with Crippen molar-refractivity contribution in [2.24, 2.45) is 0 Å². The average molecular weight is 451 g/mol. The number of amides is 1. The van der Waals surface area contributed by atoms with E-state index in [1.807, 2.05) is 0 Å². The maximum absolute atomic E-state index is 14.0. The van der Waals surface area contributed by atoms with Crippen molar-refractivity contribution in [2.45, 2.75) is 6.04 Å². The van der Waals surface area contributed by atoms with Gasteiger partial charge >= 0.3 is 0 Å². The van der Waals surface area contributed by atoms with Gasteiger partial charge in [0.15, 0.2) is 0 Å². The van der Waals surface area contributed by atoms with Crippen molar-refractivity contribution in [1.29, 1.82) is 0 Å². The molecule has 1 heterocycles. The molecule has 3 aromatic carbocycles. The van der Waals surface area contributed by atoms with Crippen LogP contribution in [0.15, 0.2) is 72.3 Å². The van der Waals surface area contributed by atoms with Crippen molar-refractivity contribution >= 4 is 23.1 Å². The van der Waals surface area contributed by atoms with Gasteiger partial charge in [-0.25, -0.2) is 8.78 Å². The summed E-state index contributed by atoms with van der Waals surface area (Å²) in [5.74, 6) is -2.98. The summed E-state index contributed by atoms with van der Waals surface area (Å²) in [5, 5.41) is 11.1. The number of anilines is 1. The lowest BCUT2D eigenvalue weighted by Gasteiger charge is -2.25. The van der Waals surface area contributed by atoms with Crippen LogP contribution in [-0.4, -0.2) is 31.0 Å². The van der Waals surface area contributed by atoms with Crippen molar-refractivity contribution in [3.05, 3.63) is 95.1 Å². The molecule has 1 fully saturated rings. The molecule has 1 atom stereocenters. The number of aliphatic hydroxyl groups excluding tert-OH is 1. The molecule has 0 bridgehead atoms. The lowest BCUT2D eigenvalue weighted by Crippen LogP contribution is -2.29. The molecule has 0 spiro atoms. The summed E-state index contributed by atoms with van der Waals surface area (Å²) in [4.78, 5) is 27.4. The highest BCUT2D eigenvalue weighted by atomic mass is 19.1. The van der Waals surface area contributed by atoms with E-state index in [0.29, 0.717) is 11.3 Å². The molecule has 1 amide bonds. The summed E-state index contributed by atoms with van der Waals surface area (Å²) < 4.78 is 37.9. The van der Waals surface area contributed by atoms with E-state index in [0.717, 1.165) is 24.3 Å². The van der Waals surface area contributed by atoms with Crippen LogP contribution < -0.4 is 14.4 Å². The van der Waals surface area contributed by atoms with Crippen LogP contribution in [0.1, 0.15) is 17.2 Å². The number of rotatable bonds is 5. The van der Waals surface area contributed by atoms with Crippen molar-refractivity contribution in [1.82, 2.24) is 0 Å². The molecule has 4 rings (SSSR count). The Kier molecular flexibility index (Phi) is 5.83. The molecule has 33 heavy (non-hydrogen) atoms. The van der Waals surface area contributed by atoms with Crippen LogP contribution in [0.4, 0.5) is 14.5 Å². The molecule has 0 radical (unpaired) electrons. The third-order valence-corrected chi connectivity index (χ3v) is 5.40. The second-order valence-corrected chi connectivity index (χ2v) is 7.26. The molecular formula is C25H19F2NO5. The number of Topliss-reactive ketones (excluding diaryl/α,β-unsaturated/α-hetero) is 1. The van der Waals surface area contributed by atoms with Gasteiger partial charge in [0.2, 0.25) is 0 Å². The second kappa shape index (κ2) is 8.74. The first-order valence-corrected chi connectivity index (χ1v) is 9.90. The topological polar surface area (TPSA) is 76.1 Å². The standard InChI is InChI=1S/C25H19F2NO5/c1-32-18-10-3-14(4-11-18)22-21(23(29)19-13-16(27)7-12-20(19)33-2)24(30)25(31)28(22)17-8-5-15(26)6-9-17/h3-13,22,29H,1-2H3/b23-21+.